The molecule has 5 nitrogen and oxygen atoms in total. The number of aliphatic hydroxyl groups is 3. The van der Waals surface area contributed by atoms with Crippen LogP contribution in [0.15, 0.2) is 54.6 Å². The van der Waals surface area contributed by atoms with Gasteiger partial charge in [0.25, 0.3) is 0 Å². The standard InChI is InChI=1S/C27H39NO4/c29-22(15-14-20-8-4-3-5-9-20)16-17-24-23(25(30)18-26(24)31)10-6-1-2-7-11-27(32)28-19-21-12-13-21/h1,3-6,8-9,16-17,21-26,29-31H,2,7,10-15,18-19H2,(H,28,32)/b6-1+,17-16+. The Morgan fingerprint density at radius 3 is 2.66 bits per heavy atom. The molecule has 0 heterocycles. The van der Waals surface area contributed by atoms with Crippen molar-refractivity contribution in [3.05, 3.63) is 60.2 Å². The number of hydrogen-bond acceptors (Lipinski definition) is 4. The van der Waals surface area contributed by atoms with Crippen LogP contribution in [0.2, 0.25) is 0 Å². The van der Waals surface area contributed by atoms with Crippen LogP contribution in [0.25, 0.3) is 0 Å². The number of benzene rings is 1. The summed E-state index contributed by atoms with van der Waals surface area (Å²) in [5.74, 6) is 0.629. The largest absolute Gasteiger partial charge is 0.393 e. The van der Waals surface area contributed by atoms with Crippen molar-refractivity contribution in [2.24, 2.45) is 17.8 Å². The highest BCUT2D eigenvalue weighted by Gasteiger charge is 2.39. The Bertz CT molecular complexity index is 743. The van der Waals surface area contributed by atoms with E-state index in [4.69, 9.17) is 0 Å². The summed E-state index contributed by atoms with van der Waals surface area (Å²) >= 11 is 0. The molecule has 0 aliphatic heterocycles. The lowest BCUT2D eigenvalue weighted by Crippen LogP contribution is -2.24. The van der Waals surface area contributed by atoms with E-state index >= 15 is 0 Å². The molecule has 1 aromatic rings. The molecule has 0 spiro atoms. The SMILES string of the molecule is O=C(CCC/C=C/CC1C(O)CC(O)C1/C=C/C(O)CCc1ccccc1)NCC1CC1. The topological polar surface area (TPSA) is 89.8 Å². The third-order valence-electron chi connectivity index (χ3n) is 6.68. The Labute approximate surface area is 192 Å². The normalized spacial score (nSPS) is 26.7. The fraction of sp³-hybridized carbons (Fsp3) is 0.593. The summed E-state index contributed by atoms with van der Waals surface area (Å²) in [4.78, 5) is 11.8. The molecule has 3 rings (SSSR count). The van der Waals surface area contributed by atoms with Crippen LogP contribution in [-0.2, 0) is 11.2 Å². The molecule has 2 aliphatic rings. The van der Waals surface area contributed by atoms with Gasteiger partial charge in [-0.25, -0.2) is 0 Å². The van der Waals surface area contributed by atoms with E-state index in [1.54, 1.807) is 6.08 Å². The molecule has 1 amide bonds. The Hall–Kier alpha value is -1.95. The van der Waals surface area contributed by atoms with Gasteiger partial charge in [-0.1, -0.05) is 54.6 Å². The predicted octanol–water partition coefficient (Wildman–Crippen LogP) is 3.54. The van der Waals surface area contributed by atoms with E-state index in [1.807, 2.05) is 24.3 Å². The van der Waals surface area contributed by atoms with Gasteiger partial charge in [0.1, 0.15) is 0 Å². The lowest BCUT2D eigenvalue weighted by atomic mass is 9.89. The van der Waals surface area contributed by atoms with Crippen molar-refractivity contribution in [1.82, 2.24) is 5.32 Å². The van der Waals surface area contributed by atoms with Gasteiger partial charge in [-0.15, -0.1) is 0 Å². The molecule has 32 heavy (non-hydrogen) atoms. The molecule has 4 N–H and O–H groups in total. The number of carbonyl (C=O) groups excluding carboxylic acids is 1. The zero-order valence-corrected chi connectivity index (χ0v) is 19.0. The van der Waals surface area contributed by atoms with Crippen LogP contribution >= 0.6 is 0 Å². The molecular formula is C27H39NO4. The van der Waals surface area contributed by atoms with Crippen molar-refractivity contribution in [3.63, 3.8) is 0 Å². The van der Waals surface area contributed by atoms with Crippen molar-refractivity contribution in [2.75, 3.05) is 6.54 Å². The first-order chi connectivity index (χ1) is 15.5. The second-order valence-electron chi connectivity index (χ2n) is 9.43. The van der Waals surface area contributed by atoms with E-state index in [2.05, 4.69) is 29.6 Å². The van der Waals surface area contributed by atoms with Gasteiger partial charge in [0.2, 0.25) is 5.91 Å². The first-order valence-corrected chi connectivity index (χ1v) is 12.2. The van der Waals surface area contributed by atoms with Crippen molar-refractivity contribution in [1.29, 1.82) is 0 Å². The van der Waals surface area contributed by atoms with E-state index < -0.39 is 18.3 Å². The Balaban J connectivity index is 1.37. The Morgan fingerprint density at radius 2 is 1.91 bits per heavy atom. The molecule has 2 saturated carbocycles. The summed E-state index contributed by atoms with van der Waals surface area (Å²) in [6.45, 7) is 0.826. The summed E-state index contributed by atoms with van der Waals surface area (Å²) < 4.78 is 0. The number of rotatable bonds is 13. The van der Waals surface area contributed by atoms with Gasteiger partial charge in [-0.3, -0.25) is 4.79 Å². The molecule has 2 fully saturated rings. The number of unbranched alkanes of at least 4 members (excludes halogenated alkanes) is 1. The average Bonchev–Trinajstić information content (AvgIpc) is 3.58. The molecule has 0 saturated heterocycles. The highest BCUT2D eigenvalue weighted by atomic mass is 16.3. The van der Waals surface area contributed by atoms with E-state index in [0.29, 0.717) is 31.6 Å². The van der Waals surface area contributed by atoms with E-state index in [1.165, 1.54) is 18.4 Å². The summed E-state index contributed by atoms with van der Waals surface area (Å²) in [6.07, 6.45) is 13.3. The van der Waals surface area contributed by atoms with Crippen molar-refractivity contribution >= 4 is 5.91 Å². The lowest BCUT2D eigenvalue weighted by molar-refractivity contribution is -0.121. The van der Waals surface area contributed by atoms with E-state index in [0.717, 1.165) is 25.8 Å². The smallest absolute Gasteiger partial charge is 0.220 e. The van der Waals surface area contributed by atoms with Crippen molar-refractivity contribution in [2.45, 2.75) is 76.1 Å². The fourth-order valence-electron chi connectivity index (χ4n) is 4.44. The number of amides is 1. The second kappa shape index (κ2) is 12.9. The van der Waals surface area contributed by atoms with Gasteiger partial charge in [-0.05, 0) is 62.3 Å². The maximum Gasteiger partial charge on any atom is 0.220 e. The van der Waals surface area contributed by atoms with E-state index in [9.17, 15) is 20.1 Å². The van der Waals surface area contributed by atoms with Gasteiger partial charge in [0, 0.05) is 25.3 Å². The second-order valence-corrected chi connectivity index (χ2v) is 9.43. The molecule has 0 radical (unpaired) electrons. The number of hydrogen-bond donors (Lipinski definition) is 4. The average molecular weight is 442 g/mol. The zero-order chi connectivity index (χ0) is 22.8. The molecule has 5 atom stereocenters. The van der Waals surface area contributed by atoms with Crippen LogP contribution in [0.5, 0.6) is 0 Å². The van der Waals surface area contributed by atoms with Gasteiger partial charge >= 0.3 is 0 Å². The molecule has 0 aromatic heterocycles. The van der Waals surface area contributed by atoms with Crippen LogP contribution in [0, 0.1) is 17.8 Å². The summed E-state index contributed by atoms with van der Waals surface area (Å²) in [7, 11) is 0. The van der Waals surface area contributed by atoms with Crippen LogP contribution < -0.4 is 5.32 Å². The molecular weight excluding hydrogens is 402 g/mol. The number of allylic oxidation sites excluding steroid dienone is 2. The van der Waals surface area contributed by atoms with E-state index in [-0.39, 0.29) is 17.7 Å². The first kappa shape index (κ1) is 24.7. The van der Waals surface area contributed by atoms with Crippen LogP contribution in [-0.4, -0.2) is 46.1 Å². The molecule has 1 aromatic carbocycles. The third kappa shape index (κ3) is 8.53. The summed E-state index contributed by atoms with van der Waals surface area (Å²) in [5, 5.41) is 34.1. The minimum atomic E-state index is -0.587. The van der Waals surface area contributed by atoms with Crippen LogP contribution in [0.1, 0.15) is 56.9 Å². The maximum atomic E-state index is 11.8. The summed E-state index contributed by atoms with van der Waals surface area (Å²) in [6, 6.07) is 10.1. The quantitative estimate of drug-likeness (QED) is 0.278. The third-order valence-corrected chi connectivity index (χ3v) is 6.68. The predicted molar refractivity (Wildman–Crippen MR) is 127 cm³/mol. The highest BCUT2D eigenvalue weighted by molar-refractivity contribution is 5.75. The molecule has 5 heteroatoms. The first-order valence-electron chi connectivity index (χ1n) is 12.2. The van der Waals surface area contributed by atoms with Gasteiger partial charge in [-0.2, -0.15) is 0 Å². The van der Waals surface area contributed by atoms with Crippen molar-refractivity contribution in [3.8, 4) is 0 Å². The number of aryl methyl sites for hydroxylation is 1. The molecule has 0 bridgehead atoms. The van der Waals surface area contributed by atoms with Gasteiger partial charge in [0.05, 0.1) is 18.3 Å². The lowest BCUT2D eigenvalue weighted by Gasteiger charge is -2.19. The minimum absolute atomic E-state index is 0.0549. The Kier molecular flexibility index (Phi) is 9.97. The zero-order valence-electron chi connectivity index (χ0n) is 19.0. The molecule has 2 aliphatic carbocycles. The van der Waals surface area contributed by atoms with Gasteiger partial charge < -0.3 is 20.6 Å². The fourth-order valence-corrected chi connectivity index (χ4v) is 4.44. The van der Waals surface area contributed by atoms with Crippen LogP contribution in [0.4, 0.5) is 0 Å². The molecule has 5 unspecified atom stereocenters. The maximum absolute atomic E-state index is 11.8. The minimum Gasteiger partial charge on any atom is -0.393 e. The van der Waals surface area contributed by atoms with Crippen LogP contribution in [0.3, 0.4) is 0 Å². The number of nitrogens with one attached hydrogen (secondary N) is 1. The number of aliphatic hydroxyl groups excluding tert-OH is 3. The number of carbonyl (C=O) groups is 1. The monoisotopic (exact) mass is 441 g/mol. The highest BCUT2D eigenvalue weighted by Crippen LogP contribution is 2.36. The Morgan fingerprint density at radius 1 is 1.12 bits per heavy atom. The summed E-state index contributed by atoms with van der Waals surface area (Å²) in [5.41, 5.74) is 1.19. The van der Waals surface area contributed by atoms with Crippen molar-refractivity contribution < 1.29 is 20.1 Å². The van der Waals surface area contributed by atoms with Gasteiger partial charge in [0.15, 0.2) is 0 Å². The molecule has 176 valence electrons.